The molecule has 1 aromatic rings. The highest BCUT2D eigenvalue weighted by Gasteiger charge is 2.48. The molecule has 0 bridgehead atoms. The summed E-state index contributed by atoms with van der Waals surface area (Å²) in [7, 11) is 0. The highest BCUT2D eigenvalue weighted by Crippen LogP contribution is 2.37. The zero-order valence-electron chi connectivity index (χ0n) is 8.69. The van der Waals surface area contributed by atoms with Crippen molar-refractivity contribution in [2.45, 2.75) is 12.1 Å². The lowest BCUT2D eigenvalue weighted by Gasteiger charge is -2.26. The van der Waals surface area contributed by atoms with Crippen LogP contribution in [0.3, 0.4) is 0 Å². The van der Waals surface area contributed by atoms with Crippen LogP contribution in [0, 0.1) is 0 Å². The zero-order valence-corrected chi connectivity index (χ0v) is 8.69. The number of fused-ring (bicyclic) bond motifs is 2. The van der Waals surface area contributed by atoms with Crippen molar-refractivity contribution >= 4 is 11.6 Å². The Morgan fingerprint density at radius 3 is 3.12 bits per heavy atom. The van der Waals surface area contributed by atoms with Crippen molar-refractivity contribution in [1.29, 1.82) is 0 Å². The number of benzene rings is 1. The van der Waals surface area contributed by atoms with E-state index < -0.39 is 5.72 Å². The van der Waals surface area contributed by atoms with Gasteiger partial charge in [0, 0.05) is 12.1 Å². The third kappa shape index (κ3) is 1.17. The zero-order chi connectivity index (χ0) is 11.0. The average Bonchev–Trinajstić information content (AvgIpc) is 2.49. The van der Waals surface area contributed by atoms with Gasteiger partial charge in [-0.3, -0.25) is 10.1 Å². The van der Waals surface area contributed by atoms with Gasteiger partial charge in [-0.2, -0.15) is 0 Å². The van der Waals surface area contributed by atoms with Gasteiger partial charge in [0.1, 0.15) is 0 Å². The number of ether oxygens (including phenoxy) is 1. The Morgan fingerprint density at radius 2 is 2.19 bits per heavy atom. The molecule has 4 heteroatoms. The molecule has 1 aromatic carbocycles. The summed E-state index contributed by atoms with van der Waals surface area (Å²) in [6, 6.07) is 7.58. The van der Waals surface area contributed by atoms with Gasteiger partial charge in [0.2, 0.25) is 0 Å². The van der Waals surface area contributed by atoms with Gasteiger partial charge in [-0.05, 0) is 18.6 Å². The quantitative estimate of drug-likeness (QED) is 0.687. The maximum Gasteiger partial charge on any atom is 0.289 e. The van der Waals surface area contributed by atoms with Crippen molar-refractivity contribution in [3.8, 4) is 0 Å². The fourth-order valence-corrected chi connectivity index (χ4v) is 2.12. The van der Waals surface area contributed by atoms with Crippen molar-refractivity contribution in [1.82, 2.24) is 5.32 Å². The van der Waals surface area contributed by atoms with Crippen molar-refractivity contribution in [3.05, 3.63) is 42.2 Å². The second-order valence-corrected chi connectivity index (χ2v) is 3.89. The minimum Gasteiger partial charge on any atom is -0.467 e. The molecule has 0 aliphatic carbocycles. The standard InChI is InChI=1S/C12H12N2O2/c15-11-12(13-7-3-4-8-16-12)9-5-1-2-6-10(9)14-11/h1-2,4-6,8,13H,3,7H2,(H,14,15). The molecule has 3 rings (SSSR count). The molecule has 2 aliphatic heterocycles. The van der Waals surface area contributed by atoms with Gasteiger partial charge in [0.25, 0.3) is 11.6 Å². The lowest BCUT2D eigenvalue weighted by atomic mass is 10.0. The van der Waals surface area contributed by atoms with Crippen molar-refractivity contribution in [2.75, 3.05) is 11.9 Å². The van der Waals surface area contributed by atoms with E-state index in [9.17, 15) is 4.79 Å². The number of para-hydroxylation sites is 1. The first-order valence-corrected chi connectivity index (χ1v) is 5.32. The number of carbonyl (C=O) groups excluding carboxylic acids is 1. The van der Waals surface area contributed by atoms with Crippen molar-refractivity contribution < 1.29 is 9.53 Å². The van der Waals surface area contributed by atoms with Crippen LogP contribution in [0.2, 0.25) is 0 Å². The Morgan fingerprint density at radius 1 is 1.31 bits per heavy atom. The second kappa shape index (κ2) is 3.35. The maximum atomic E-state index is 12.0. The molecule has 2 N–H and O–H groups in total. The minimum atomic E-state index is -1.04. The molecule has 0 saturated heterocycles. The summed E-state index contributed by atoms with van der Waals surface area (Å²) in [5.74, 6) is -0.153. The van der Waals surface area contributed by atoms with Gasteiger partial charge in [-0.15, -0.1) is 0 Å². The van der Waals surface area contributed by atoms with Gasteiger partial charge >= 0.3 is 0 Å². The van der Waals surface area contributed by atoms with Gasteiger partial charge in [0.05, 0.1) is 11.9 Å². The normalized spacial score (nSPS) is 27.1. The molecule has 4 nitrogen and oxygen atoms in total. The summed E-state index contributed by atoms with van der Waals surface area (Å²) in [6.45, 7) is 0.720. The first-order chi connectivity index (χ1) is 7.83. The van der Waals surface area contributed by atoms with E-state index in [-0.39, 0.29) is 5.91 Å². The number of carbonyl (C=O) groups is 1. The molecule has 0 fully saturated rings. The molecule has 16 heavy (non-hydrogen) atoms. The monoisotopic (exact) mass is 216 g/mol. The van der Waals surface area contributed by atoms with E-state index in [1.165, 1.54) is 0 Å². The second-order valence-electron chi connectivity index (χ2n) is 3.89. The predicted octanol–water partition coefficient (Wildman–Crippen LogP) is 1.32. The highest BCUT2D eigenvalue weighted by molar-refractivity contribution is 6.04. The lowest BCUT2D eigenvalue weighted by molar-refractivity contribution is -0.137. The summed E-state index contributed by atoms with van der Waals surface area (Å²) < 4.78 is 5.59. The minimum absolute atomic E-state index is 0.153. The van der Waals surface area contributed by atoms with Crippen LogP contribution in [0.15, 0.2) is 36.6 Å². The highest BCUT2D eigenvalue weighted by atomic mass is 16.5. The number of anilines is 1. The summed E-state index contributed by atoms with van der Waals surface area (Å²) in [5.41, 5.74) is 0.630. The molecule has 2 aliphatic rings. The molecule has 1 spiro atoms. The van der Waals surface area contributed by atoms with Crippen LogP contribution in [-0.4, -0.2) is 12.5 Å². The Balaban J connectivity index is 2.12. The summed E-state index contributed by atoms with van der Waals surface area (Å²) >= 11 is 0. The predicted molar refractivity (Wildman–Crippen MR) is 59.6 cm³/mol. The van der Waals surface area contributed by atoms with Crippen LogP contribution in [-0.2, 0) is 15.3 Å². The molecule has 1 unspecified atom stereocenters. The lowest BCUT2D eigenvalue weighted by Crippen LogP contribution is -2.49. The first-order valence-electron chi connectivity index (χ1n) is 5.32. The Labute approximate surface area is 93.3 Å². The molecule has 82 valence electrons. The number of nitrogens with one attached hydrogen (secondary N) is 2. The van der Waals surface area contributed by atoms with E-state index in [2.05, 4.69) is 10.6 Å². The third-order valence-electron chi connectivity index (χ3n) is 2.90. The summed E-state index contributed by atoms with van der Waals surface area (Å²) in [6.07, 6.45) is 4.37. The van der Waals surface area contributed by atoms with E-state index >= 15 is 0 Å². The molecule has 2 heterocycles. The fraction of sp³-hybridized carbons (Fsp3) is 0.250. The number of rotatable bonds is 0. The average molecular weight is 216 g/mol. The Hall–Kier alpha value is -1.81. The molecule has 0 saturated carbocycles. The molecular weight excluding hydrogens is 204 g/mol. The van der Waals surface area contributed by atoms with Gasteiger partial charge in [0.15, 0.2) is 0 Å². The van der Waals surface area contributed by atoms with E-state index in [1.807, 2.05) is 30.3 Å². The molecular formula is C12H12N2O2. The number of hydrogen-bond donors (Lipinski definition) is 2. The Bertz CT molecular complexity index is 470. The number of amides is 1. The molecule has 0 aromatic heterocycles. The molecule has 0 radical (unpaired) electrons. The summed E-state index contributed by atoms with van der Waals surface area (Å²) in [4.78, 5) is 12.0. The maximum absolute atomic E-state index is 12.0. The topological polar surface area (TPSA) is 50.4 Å². The van der Waals surface area contributed by atoms with Crippen LogP contribution in [0.4, 0.5) is 5.69 Å². The van der Waals surface area contributed by atoms with Crippen LogP contribution in [0.5, 0.6) is 0 Å². The number of hydrogen-bond acceptors (Lipinski definition) is 3. The smallest absolute Gasteiger partial charge is 0.289 e. The van der Waals surface area contributed by atoms with Gasteiger partial charge in [-0.1, -0.05) is 18.2 Å². The van der Waals surface area contributed by atoms with Crippen LogP contribution < -0.4 is 10.6 Å². The largest absolute Gasteiger partial charge is 0.467 e. The van der Waals surface area contributed by atoms with E-state index in [0.717, 1.165) is 24.2 Å². The fourth-order valence-electron chi connectivity index (χ4n) is 2.12. The van der Waals surface area contributed by atoms with Gasteiger partial charge < -0.3 is 10.1 Å². The van der Waals surface area contributed by atoms with Crippen LogP contribution in [0.1, 0.15) is 12.0 Å². The Kier molecular flexibility index (Phi) is 1.97. The van der Waals surface area contributed by atoms with E-state index in [0.29, 0.717) is 0 Å². The van der Waals surface area contributed by atoms with Crippen LogP contribution >= 0.6 is 0 Å². The van der Waals surface area contributed by atoms with Gasteiger partial charge in [-0.25, -0.2) is 0 Å². The SMILES string of the molecule is O=C1Nc2ccccc2C12NCCC=CO2. The molecule has 1 atom stereocenters. The van der Waals surface area contributed by atoms with Crippen LogP contribution in [0.25, 0.3) is 0 Å². The van der Waals surface area contributed by atoms with Crippen molar-refractivity contribution in [3.63, 3.8) is 0 Å². The van der Waals surface area contributed by atoms with Crippen molar-refractivity contribution in [2.24, 2.45) is 0 Å². The molecule has 1 amide bonds. The van der Waals surface area contributed by atoms with E-state index in [4.69, 9.17) is 4.74 Å². The third-order valence-corrected chi connectivity index (χ3v) is 2.90. The summed E-state index contributed by atoms with van der Waals surface area (Å²) in [5, 5.41) is 5.99. The first kappa shape index (κ1) is 9.42. The van der Waals surface area contributed by atoms with E-state index in [1.54, 1.807) is 6.26 Å².